The van der Waals surface area contributed by atoms with E-state index >= 15 is 0 Å². The zero-order valence-electron chi connectivity index (χ0n) is 9.62. The maximum absolute atomic E-state index is 13.7. The summed E-state index contributed by atoms with van der Waals surface area (Å²) in [6.07, 6.45) is -0.396. The lowest BCUT2D eigenvalue weighted by Crippen LogP contribution is -2.52. The van der Waals surface area contributed by atoms with Crippen molar-refractivity contribution >= 4 is 27.3 Å². The molecule has 1 aliphatic heterocycles. The largest absolute Gasteiger partial charge is 0.481 e. The summed E-state index contributed by atoms with van der Waals surface area (Å²) in [7, 11) is -3.96. The van der Waals surface area contributed by atoms with Crippen molar-refractivity contribution in [3.63, 3.8) is 0 Å². The van der Waals surface area contributed by atoms with Gasteiger partial charge in [-0.3, -0.25) is 4.79 Å². The molecule has 0 bridgehead atoms. The predicted molar refractivity (Wildman–Crippen MR) is 63.8 cm³/mol. The predicted octanol–water partition coefficient (Wildman–Crippen LogP) is 1.48. The van der Waals surface area contributed by atoms with Crippen LogP contribution in [0.3, 0.4) is 0 Å². The Balaban J connectivity index is 2.24. The Morgan fingerprint density at radius 2 is 2.21 bits per heavy atom. The summed E-state index contributed by atoms with van der Waals surface area (Å²) in [6, 6.07) is 2.85. The van der Waals surface area contributed by atoms with E-state index in [0.29, 0.717) is 4.31 Å². The van der Waals surface area contributed by atoms with Gasteiger partial charge in [0.2, 0.25) is 0 Å². The van der Waals surface area contributed by atoms with Gasteiger partial charge in [-0.25, -0.2) is 17.2 Å². The van der Waals surface area contributed by atoms with Crippen LogP contribution in [0.5, 0.6) is 0 Å². The molecule has 5 nitrogen and oxygen atoms in total. The van der Waals surface area contributed by atoms with Crippen LogP contribution in [0.1, 0.15) is 6.42 Å². The molecule has 1 aromatic heterocycles. The van der Waals surface area contributed by atoms with E-state index in [1.54, 1.807) is 0 Å². The minimum Gasteiger partial charge on any atom is -0.481 e. The second kappa shape index (κ2) is 4.80. The SMILES string of the molecule is O=C(O)C1CCN(S(=O)(=O)c2cccs2)CC1(F)F. The molecule has 106 valence electrons. The minimum absolute atomic E-state index is 0.0166. The van der Waals surface area contributed by atoms with Crippen LogP contribution in [0.2, 0.25) is 0 Å². The molecule has 0 spiro atoms. The number of aliphatic carboxylic acids is 1. The summed E-state index contributed by atoms with van der Waals surface area (Å²) in [5.74, 6) is -6.99. The molecule has 2 rings (SSSR count). The second-order valence-corrected chi connectivity index (χ2v) is 7.32. The third-order valence-electron chi connectivity index (χ3n) is 2.95. The number of rotatable bonds is 3. The van der Waals surface area contributed by atoms with Gasteiger partial charge in [-0.1, -0.05) is 6.07 Å². The average Bonchev–Trinajstić information content (AvgIpc) is 2.80. The zero-order chi connectivity index (χ0) is 14.3. The molecule has 1 fully saturated rings. The molecule has 1 aliphatic rings. The van der Waals surface area contributed by atoms with Crippen LogP contribution < -0.4 is 0 Å². The molecule has 1 atom stereocenters. The quantitative estimate of drug-likeness (QED) is 0.917. The molecule has 19 heavy (non-hydrogen) atoms. The lowest BCUT2D eigenvalue weighted by molar-refractivity contribution is -0.163. The number of nitrogens with zero attached hydrogens (tertiary/aromatic N) is 1. The number of carboxylic acid groups (broad SMARTS) is 1. The van der Waals surface area contributed by atoms with Gasteiger partial charge in [-0.2, -0.15) is 4.31 Å². The first-order valence-corrected chi connectivity index (χ1v) is 7.71. The van der Waals surface area contributed by atoms with Gasteiger partial charge in [-0.15, -0.1) is 11.3 Å². The van der Waals surface area contributed by atoms with Crippen LogP contribution in [0.4, 0.5) is 8.78 Å². The van der Waals surface area contributed by atoms with Crippen LogP contribution in [-0.4, -0.2) is 42.8 Å². The van der Waals surface area contributed by atoms with Crippen molar-refractivity contribution in [3.8, 4) is 0 Å². The van der Waals surface area contributed by atoms with E-state index in [1.807, 2.05) is 0 Å². The van der Waals surface area contributed by atoms with E-state index in [0.717, 1.165) is 11.3 Å². The molecule has 0 aliphatic carbocycles. The van der Waals surface area contributed by atoms with E-state index < -0.39 is 40.8 Å². The highest BCUT2D eigenvalue weighted by atomic mass is 32.2. The first-order valence-electron chi connectivity index (χ1n) is 5.39. The third-order valence-corrected chi connectivity index (χ3v) is 6.17. The van der Waals surface area contributed by atoms with Crippen LogP contribution in [0, 0.1) is 5.92 Å². The smallest absolute Gasteiger partial charge is 0.312 e. The Hall–Kier alpha value is -1.06. The number of hydrogen-bond acceptors (Lipinski definition) is 4. The Kier molecular flexibility index (Phi) is 3.63. The van der Waals surface area contributed by atoms with Gasteiger partial charge in [-0.05, 0) is 17.9 Å². The molecule has 1 unspecified atom stereocenters. The molecule has 0 aromatic carbocycles. The molecule has 2 heterocycles. The number of alkyl halides is 2. The maximum Gasteiger partial charge on any atom is 0.312 e. The van der Waals surface area contributed by atoms with E-state index in [-0.39, 0.29) is 10.8 Å². The van der Waals surface area contributed by atoms with Crippen LogP contribution in [0.25, 0.3) is 0 Å². The first kappa shape index (κ1) is 14.4. The summed E-state index contributed by atoms with van der Waals surface area (Å²) in [6.45, 7) is -1.31. The van der Waals surface area contributed by atoms with Crippen molar-refractivity contribution in [3.05, 3.63) is 17.5 Å². The van der Waals surface area contributed by atoms with Gasteiger partial charge in [0.05, 0.1) is 6.54 Å². The number of thiophene rings is 1. The highest BCUT2D eigenvalue weighted by Crippen LogP contribution is 2.36. The fourth-order valence-corrected chi connectivity index (χ4v) is 4.57. The maximum atomic E-state index is 13.7. The van der Waals surface area contributed by atoms with Crippen molar-refractivity contribution in [1.82, 2.24) is 4.31 Å². The molecule has 0 radical (unpaired) electrons. The van der Waals surface area contributed by atoms with Gasteiger partial charge in [0.1, 0.15) is 10.1 Å². The average molecular weight is 311 g/mol. The van der Waals surface area contributed by atoms with Gasteiger partial charge in [0.15, 0.2) is 0 Å². The van der Waals surface area contributed by atoms with Gasteiger partial charge < -0.3 is 5.11 Å². The molecular formula is C10H11F2NO4S2. The Bertz CT molecular complexity index is 570. The van der Waals surface area contributed by atoms with Crippen LogP contribution in [-0.2, 0) is 14.8 Å². The number of carboxylic acids is 1. The normalized spacial score (nSPS) is 24.2. The Morgan fingerprint density at radius 3 is 2.68 bits per heavy atom. The van der Waals surface area contributed by atoms with Crippen LogP contribution in [0.15, 0.2) is 21.7 Å². The van der Waals surface area contributed by atoms with Crippen LogP contribution >= 0.6 is 11.3 Å². The minimum atomic E-state index is -3.96. The lowest BCUT2D eigenvalue weighted by Gasteiger charge is -2.35. The van der Waals surface area contributed by atoms with Gasteiger partial charge in [0.25, 0.3) is 15.9 Å². The summed E-state index contributed by atoms with van der Waals surface area (Å²) in [5, 5.41) is 10.2. The molecule has 0 saturated carbocycles. The summed E-state index contributed by atoms with van der Waals surface area (Å²) in [4.78, 5) is 10.7. The van der Waals surface area contributed by atoms with Crippen molar-refractivity contribution < 1.29 is 27.1 Å². The number of sulfonamides is 1. The standard InChI is InChI=1S/C10H11F2NO4S2/c11-10(12)6-13(4-3-7(10)9(14)15)19(16,17)8-2-1-5-18-8/h1-2,5,7H,3-4,6H2,(H,14,15). The third kappa shape index (κ3) is 2.63. The zero-order valence-corrected chi connectivity index (χ0v) is 11.3. The molecule has 1 aromatic rings. The summed E-state index contributed by atoms with van der Waals surface area (Å²) >= 11 is 0.940. The topological polar surface area (TPSA) is 74.7 Å². The Morgan fingerprint density at radius 1 is 1.53 bits per heavy atom. The van der Waals surface area contributed by atoms with E-state index in [9.17, 15) is 22.0 Å². The first-order chi connectivity index (χ1) is 8.75. The van der Waals surface area contributed by atoms with Crippen molar-refractivity contribution in [2.45, 2.75) is 16.6 Å². The molecule has 1 N–H and O–H groups in total. The number of halogens is 2. The van der Waals surface area contributed by atoms with Gasteiger partial charge >= 0.3 is 5.97 Å². The van der Waals surface area contributed by atoms with E-state index in [4.69, 9.17) is 5.11 Å². The lowest BCUT2D eigenvalue weighted by atomic mass is 9.94. The van der Waals surface area contributed by atoms with E-state index in [2.05, 4.69) is 0 Å². The summed E-state index contributed by atoms with van der Waals surface area (Å²) < 4.78 is 52.1. The van der Waals surface area contributed by atoms with Crippen molar-refractivity contribution in [1.29, 1.82) is 0 Å². The highest BCUT2D eigenvalue weighted by molar-refractivity contribution is 7.91. The highest BCUT2D eigenvalue weighted by Gasteiger charge is 2.51. The molecule has 0 amide bonds. The molecular weight excluding hydrogens is 300 g/mol. The fourth-order valence-electron chi connectivity index (χ4n) is 1.96. The number of hydrogen-bond donors (Lipinski definition) is 1. The summed E-state index contributed by atoms with van der Waals surface area (Å²) in [5.41, 5.74) is 0. The van der Waals surface area contributed by atoms with Crippen molar-refractivity contribution in [2.24, 2.45) is 5.92 Å². The second-order valence-electron chi connectivity index (χ2n) is 4.21. The molecule has 9 heteroatoms. The monoisotopic (exact) mass is 311 g/mol. The van der Waals surface area contributed by atoms with E-state index in [1.165, 1.54) is 17.5 Å². The fraction of sp³-hybridized carbons (Fsp3) is 0.500. The Labute approximate surface area is 112 Å². The van der Waals surface area contributed by atoms with Crippen molar-refractivity contribution in [2.75, 3.05) is 13.1 Å². The number of piperidine rings is 1. The number of carbonyl (C=O) groups is 1. The van der Waals surface area contributed by atoms with Gasteiger partial charge in [0, 0.05) is 6.54 Å². The molecule has 1 saturated heterocycles.